The van der Waals surface area contributed by atoms with Crippen LogP contribution in [0.25, 0.3) is 0 Å². The van der Waals surface area contributed by atoms with Crippen molar-refractivity contribution in [1.29, 1.82) is 0 Å². The number of amides is 3. The van der Waals surface area contributed by atoms with E-state index in [0.717, 1.165) is 0 Å². The molecule has 1 aliphatic rings. The highest BCUT2D eigenvalue weighted by Gasteiger charge is 2.31. The summed E-state index contributed by atoms with van der Waals surface area (Å²) in [5, 5.41) is 11.0. The number of carboxylic acid groups (broad SMARTS) is 1. The first kappa shape index (κ1) is 13.1. The Morgan fingerprint density at radius 3 is 2.59 bits per heavy atom. The number of hydrogen-bond acceptors (Lipinski definition) is 4. The number of hydrogen-bond donors (Lipinski definition) is 3. The van der Waals surface area contributed by atoms with Crippen LogP contribution in [-0.4, -0.2) is 54.3 Å². The molecule has 0 atom stereocenters. The molecule has 3 amide bonds. The van der Waals surface area contributed by atoms with E-state index in [1.165, 1.54) is 4.90 Å². The standard InChI is InChI=1S/C9H15N3O5/c10-8(15)17-2-1-11-9(16)12-4-6(5-12)3-7(13)14/h6H,1-5H2,(H2,10,15)(H,11,16)(H,13,14). The largest absolute Gasteiger partial charge is 0.481 e. The Kier molecular flexibility index (Phi) is 4.56. The van der Waals surface area contributed by atoms with Gasteiger partial charge in [-0.05, 0) is 0 Å². The number of likely N-dealkylation sites (tertiary alicyclic amines) is 1. The number of carbonyl (C=O) groups is 3. The lowest BCUT2D eigenvalue weighted by Crippen LogP contribution is -2.54. The number of nitrogens with two attached hydrogens (primary N) is 1. The van der Waals surface area contributed by atoms with Gasteiger partial charge in [0, 0.05) is 19.0 Å². The van der Waals surface area contributed by atoms with Crippen molar-refractivity contribution in [3.8, 4) is 0 Å². The molecule has 0 radical (unpaired) electrons. The summed E-state index contributed by atoms with van der Waals surface area (Å²) in [6.45, 7) is 1.08. The van der Waals surface area contributed by atoms with Crippen LogP contribution in [0, 0.1) is 5.92 Å². The fraction of sp³-hybridized carbons (Fsp3) is 0.667. The fourth-order valence-electron chi connectivity index (χ4n) is 1.53. The summed E-state index contributed by atoms with van der Waals surface area (Å²) in [7, 11) is 0. The smallest absolute Gasteiger partial charge is 0.404 e. The van der Waals surface area contributed by atoms with Gasteiger partial charge in [-0.25, -0.2) is 9.59 Å². The molecule has 1 heterocycles. The lowest BCUT2D eigenvalue weighted by Gasteiger charge is -2.38. The van der Waals surface area contributed by atoms with E-state index in [4.69, 9.17) is 10.8 Å². The number of aliphatic carboxylic acids is 1. The Balaban J connectivity index is 2.07. The van der Waals surface area contributed by atoms with Crippen LogP contribution in [-0.2, 0) is 9.53 Å². The summed E-state index contributed by atoms with van der Waals surface area (Å²) in [6.07, 6.45) is -0.807. The highest BCUT2D eigenvalue weighted by Crippen LogP contribution is 2.18. The van der Waals surface area contributed by atoms with Gasteiger partial charge in [-0.3, -0.25) is 4.79 Å². The lowest BCUT2D eigenvalue weighted by molar-refractivity contribution is -0.139. The molecule has 1 aliphatic heterocycles. The van der Waals surface area contributed by atoms with E-state index in [9.17, 15) is 14.4 Å². The molecule has 1 rings (SSSR count). The quantitative estimate of drug-likeness (QED) is 0.547. The third-order valence-corrected chi connectivity index (χ3v) is 2.33. The predicted octanol–water partition coefficient (Wildman–Crippen LogP) is -0.802. The topological polar surface area (TPSA) is 122 Å². The summed E-state index contributed by atoms with van der Waals surface area (Å²) >= 11 is 0. The molecule has 0 bridgehead atoms. The van der Waals surface area contributed by atoms with Crippen LogP contribution in [0.4, 0.5) is 9.59 Å². The second-order valence-corrected chi connectivity index (χ2v) is 3.77. The summed E-state index contributed by atoms with van der Waals surface area (Å²) in [4.78, 5) is 33.5. The number of carboxylic acids is 1. The van der Waals surface area contributed by atoms with Crippen molar-refractivity contribution in [3.63, 3.8) is 0 Å². The van der Waals surface area contributed by atoms with Crippen LogP contribution in [0.15, 0.2) is 0 Å². The van der Waals surface area contributed by atoms with Crippen molar-refractivity contribution >= 4 is 18.1 Å². The van der Waals surface area contributed by atoms with Gasteiger partial charge in [0.25, 0.3) is 0 Å². The third kappa shape index (κ3) is 4.58. The third-order valence-electron chi connectivity index (χ3n) is 2.33. The van der Waals surface area contributed by atoms with Crippen molar-refractivity contribution < 1.29 is 24.2 Å². The highest BCUT2D eigenvalue weighted by atomic mass is 16.5. The molecule has 0 unspecified atom stereocenters. The van der Waals surface area contributed by atoms with E-state index in [-0.39, 0.29) is 31.5 Å². The van der Waals surface area contributed by atoms with Gasteiger partial charge < -0.3 is 25.8 Å². The van der Waals surface area contributed by atoms with E-state index < -0.39 is 12.1 Å². The summed E-state index contributed by atoms with van der Waals surface area (Å²) in [5.74, 6) is -0.829. The highest BCUT2D eigenvalue weighted by molar-refractivity contribution is 5.75. The lowest BCUT2D eigenvalue weighted by atomic mass is 9.97. The zero-order valence-corrected chi connectivity index (χ0v) is 9.22. The second kappa shape index (κ2) is 5.92. The van der Waals surface area contributed by atoms with Crippen LogP contribution >= 0.6 is 0 Å². The van der Waals surface area contributed by atoms with Crippen LogP contribution < -0.4 is 11.1 Å². The Labute approximate surface area is 97.7 Å². The van der Waals surface area contributed by atoms with Gasteiger partial charge in [0.2, 0.25) is 0 Å². The van der Waals surface area contributed by atoms with Crippen molar-refractivity contribution in [2.45, 2.75) is 6.42 Å². The van der Waals surface area contributed by atoms with Gasteiger partial charge in [0.15, 0.2) is 0 Å². The molecule has 8 heteroatoms. The molecule has 0 aliphatic carbocycles. The first-order valence-electron chi connectivity index (χ1n) is 5.16. The van der Waals surface area contributed by atoms with Crippen LogP contribution in [0.5, 0.6) is 0 Å². The van der Waals surface area contributed by atoms with Gasteiger partial charge in [-0.15, -0.1) is 0 Å². The average Bonchev–Trinajstić information content (AvgIpc) is 2.16. The van der Waals surface area contributed by atoms with Crippen molar-refractivity contribution in [1.82, 2.24) is 10.2 Å². The molecule has 1 fully saturated rings. The first-order valence-corrected chi connectivity index (χ1v) is 5.16. The van der Waals surface area contributed by atoms with Crippen LogP contribution in [0.2, 0.25) is 0 Å². The SMILES string of the molecule is NC(=O)OCCNC(=O)N1CC(CC(=O)O)C1. The maximum absolute atomic E-state index is 11.4. The van der Waals surface area contributed by atoms with E-state index in [1.807, 2.05) is 0 Å². The van der Waals surface area contributed by atoms with Gasteiger partial charge in [-0.1, -0.05) is 0 Å². The van der Waals surface area contributed by atoms with Gasteiger partial charge in [0.1, 0.15) is 6.61 Å². The minimum absolute atomic E-state index is 0.0213. The summed E-state index contributed by atoms with van der Waals surface area (Å²) in [5.41, 5.74) is 4.73. The maximum Gasteiger partial charge on any atom is 0.404 e. The van der Waals surface area contributed by atoms with E-state index in [2.05, 4.69) is 10.1 Å². The molecular formula is C9H15N3O5. The number of ether oxygens (including phenoxy) is 1. The number of urea groups is 1. The molecule has 8 nitrogen and oxygen atoms in total. The molecule has 1 saturated heterocycles. The van der Waals surface area contributed by atoms with E-state index >= 15 is 0 Å². The minimum atomic E-state index is -0.885. The first-order chi connectivity index (χ1) is 7.99. The van der Waals surface area contributed by atoms with Crippen molar-refractivity contribution in [2.75, 3.05) is 26.2 Å². The Hall–Kier alpha value is -1.99. The Bertz CT molecular complexity index is 314. The summed E-state index contributed by atoms with van der Waals surface area (Å²) < 4.78 is 4.43. The molecule has 0 aromatic heterocycles. The number of nitrogens with one attached hydrogen (secondary N) is 1. The molecule has 0 aromatic rings. The van der Waals surface area contributed by atoms with Crippen molar-refractivity contribution in [2.24, 2.45) is 11.7 Å². The zero-order chi connectivity index (χ0) is 12.8. The number of nitrogens with zero attached hydrogens (tertiary/aromatic N) is 1. The van der Waals surface area contributed by atoms with Gasteiger partial charge in [0.05, 0.1) is 13.0 Å². The van der Waals surface area contributed by atoms with Crippen LogP contribution in [0.1, 0.15) is 6.42 Å². The summed E-state index contributed by atoms with van der Waals surface area (Å²) in [6, 6.07) is -0.292. The van der Waals surface area contributed by atoms with Gasteiger partial charge in [-0.2, -0.15) is 0 Å². The zero-order valence-electron chi connectivity index (χ0n) is 9.22. The number of carbonyl (C=O) groups excluding carboxylic acids is 2. The average molecular weight is 245 g/mol. The number of primary amides is 1. The molecule has 4 N–H and O–H groups in total. The Morgan fingerprint density at radius 2 is 2.06 bits per heavy atom. The minimum Gasteiger partial charge on any atom is -0.481 e. The van der Waals surface area contributed by atoms with Gasteiger partial charge >= 0.3 is 18.1 Å². The monoisotopic (exact) mass is 245 g/mol. The number of rotatable bonds is 5. The fourth-order valence-corrected chi connectivity index (χ4v) is 1.53. The van der Waals surface area contributed by atoms with E-state index in [0.29, 0.717) is 13.1 Å². The molecular weight excluding hydrogens is 230 g/mol. The van der Waals surface area contributed by atoms with Crippen LogP contribution in [0.3, 0.4) is 0 Å². The maximum atomic E-state index is 11.4. The molecule has 17 heavy (non-hydrogen) atoms. The molecule has 0 spiro atoms. The van der Waals surface area contributed by atoms with Crippen molar-refractivity contribution in [3.05, 3.63) is 0 Å². The molecule has 0 saturated carbocycles. The molecule has 0 aromatic carbocycles. The normalized spacial score (nSPS) is 14.9. The molecule has 96 valence electrons. The Morgan fingerprint density at radius 1 is 1.41 bits per heavy atom. The second-order valence-electron chi connectivity index (χ2n) is 3.77. The predicted molar refractivity (Wildman–Crippen MR) is 56.2 cm³/mol. The van der Waals surface area contributed by atoms with E-state index in [1.54, 1.807) is 0 Å².